The SMILES string of the molecule is CNS(=O)(=O)c1cc(C(=O)Nc2ncccc2OCC2CCCCC2)ccc1OC. The Morgan fingerprint density at radius 2 is 1.93 bits per heavy atom. The van der Waals surface area contributed by atoms with Crippen LogP contribution in [0.25, 0.3) is 0 Å². The maximum Gasteiger partial charge on any atom is 0.256 e. The second-order valence-electron chi connectivity index (χ2n) is 7.19. The van der Waals surface area contributed by atoms with Gasteiger partial charge in [0.15, 0.2) is 11.6 Å². The van der Waals surface area contributed by atoms with Gasteiger partial charge < -0.3 is 14.8 Å². The van der Waals surface area contributed by atoms with Crippen LogP contribution in [-0.2, 0) is 10.0 Å². The molecule has 2 N–H and O–H groups in total. The first kappa shape index (κ1) is 22.0. The zero-order valence-corrected chi connectivity index (χ0v) is 18.0. The van der Waals surface area contributed by atoms with Gasteiger partial charge in [0.1, 0.15) is 10.6 Å². The number of carbonyl (C=O) groups excluding carboxylic acids is 1. The third-order valence-electron chi connectivity index (χ3n) is 5.19. The number of sulfonamides is 1. The summed E-state index contributed by atoms with van der Waals surface area (Å²) in [4.78, 5) is 16.9. The minimum atomic E-state index is -3.79. The number of hydrogen-bond acceptors (Lipinski definition) is 6. The topological polar surface area (TPSA) is 107 Å². The van der Waals surface area contributed by atoms with Crippen molar-refractivity contribution in [3.63, 3.8) is 0 Å². The number of ether oxygens (including phenoxy) is 2. The van der Waals surface area contributed by atoms with Crippen LogP contribution in [0.4, 0.5) is 5.82 Å². The summed E-state index contributed by atoms with van der Waals surface area (Å²) in [7, 11) is -1.13. The van der Waals surface area contributed by atoms with E-state index in [1.807, 2.05) is 0 Å². The molecule has 1 amide bonds. The molecule has 1 aliphatic rings. The van der Waals surface area contributed by atoms with E-state index in [0.29, 0.717) is 24.1 Å². The van der Waals surface area contributed by atoms with Crippen molar-refractivity contribution in [2.75, 3.05) is 26.1 Å². The molecule has 0 spiro atoms. The maximum absolute atomic E-state index is 12.8. The van der Waals surface area contributed by atoms with Crippen LogP contribution in [0.2, 0.25) is 0 Å². The molecule has 0 atom stereocenters. The summed E-state index contributed by atoms with van der Waals surface area (Å²) in [6, 6.07) is 7.71. The molecular weight excluding hydrogens is 406 g/mol. The van der Waals surface area contributed by atoms with Gasteiger partial charge in [-0.3, -0.25) is 4.79 Å². The number of anilines is 1. The zero-order valence-electron chi connectivity index (χ0n) is 17.2. The number of carbonyl (C=O) groups is 1. The lowest BCUT2D eigenvalue weighted by molar-refractivity contribution is 0.102. The highest BCUT2D eigenvalue weighted by molar-refractivity contribution is 7.89. The first-order valence-electron chi connectivity index (χ1n) is 9.95. The number of nitrogens with zero attached hydrogens (tertiary/aromatic N) is 1. The smallest absolute Gasteiger partial charge is 0.256 e. The Labute approximate surface area is 177 Å². The van der Waals surface area contributed by atoms with Gasteiger partial charge >= 0.3 is 0 Å². The van der Waals surface area contributed by atoms with Crippen LogP contribution in [0, 0.1) is 5.92 Å². The van der Waals surface area contributed by atoms with Crippen molar-refractivity contribution >= 4 is 21.7 Å². The van der Waals surface area contributed by atoms with Gasteiger partial charge in [0.25, 0.3) is 5.91 Å². The second-order valence-corrected chi connectivity index (χ2v) is 9.05. The van der Waals surface area contributed by atoms with Crippen molar-refractivity contribution in [3.05, 3.63) is 42.1 Å². The van der Waals surface area contributed by atoms with Gasteiger partial charge in [-0.2, -0.15) is 0 Å². The van der Waals surface area contributed by atoms with Gasteiger partial charge in [0, 0.05) is 11.8 Å². The third-order valence-corrected chi connectivity index (χ3v) is 6.62. The number of benzene rings is 1. The molecular formula is C21H27N3O5S. The Hall–Kier alpha value is -2.65. The van der Waals surface area contributed by atoms with Crippen molar-refractivity contribution in [1.29, 1.82) is 0 Å². The molecule has 1 aromatic carbocycles. The van der Waals surface area contributed by atoms with E-state index in [4.69, 9.17) is 9.47 Å². The average molecular weight is 434 g/mol. The number of aromatic nitrogens is 1. The molecule has 1 heterocycles. The molecule has 8 nitrogen and oxygen atoms in total. The molecule has 0 radical (unpaired) electrons. The summed E-state index contributed by atoms with van der Waals surface area (Å²) in [5.74, 6) is 0.959. The van der Waals surface area contributed by atoms with Gasteiger partial charge in [-0.15, -0.1) is 0 Å². The summed E-state index contributed by atoms with van der Waals surface area (Å²) < 4.78 is 37.8. The van der Waals surface area contributed by atoms with Crippen LogP contribution in [-0.4, -0.2) is 40.1 Å². The maximum atomic E-state index is 12.8. The highest BCUT2D eigenvalue weighted by atomic mass is 32.2. The summed E-state index contributed by atoms with van der Waals surface area (Å²) in [6.07, 6.45) is 7.58. The van der Waals surface area contributed by atoms with Gasteiger partial charge in [-0.1, -0.05) is 19.3 Å². The normalized spacial score (nSPS) is 14.9. The van der Waals surface area contributed by atoms with Crippen molar-refractivity contribution < 1.29 is 22.7 Å². The highest BCUT2D eigenvalue weighted by Crippen LogP contribution is 2.28. The van der Waals surface area contributed by atoms with Crippen LogP contribution >= 0.6 is 0 Å². The highest BCUT2D eigenvalue weighted by Gasteiger charge is 2.21. The average Bonchev–Trinajstić information content (AvgIpc) is 2.78. The first-order valence-corrected chi connectivity index (χ1v) is 11.4. The van der Waals surface area contributed by atoms with Crippen LogP contribution < -0.4 is 19.5 Å². The molecule has 2 aromatic rings. The zero-order chi connectivity index (χ0) is 21.6. The predicted molar refractivity (Wildman–Crippen MR) is 113 cm³/mol. The van der Waals surface area contributed by atoms with Gasteiger partial charge in [-0.25, -0.2) is 18.1 Å². The van der Waals surface area contributed by atoms with E-state index in [9.17, 15) is 13.2 Å². The minimum absolute atomic E-state index is 0.116. The summed E-state index contributed by atoms with van der Waals surface area (Å²) in [5, 5.41) is 2.72. The number of rotatable bonds is 8. The molecule has 0 saturated heterocycles. The number of methoxy groups -OCH3 is 1. The standard InChI is InChI=1S/C21H27N3O5S/c1-22-30(26,27)19-13-16(10-11-17(19)28-2)21(25)24-20-18(9-6-12-23-20)29-14-15-7-4-3-5-8-15/h6,9-13,15,22H,3-5,7-8,14H2,1-2H3,(H,23,24,25). The second kappa shape index (κ2) is 9.90. The Bertz CT molecular complexity index is 988. The summed E-state index contributed by atoms with van der Waals surface area (Å²) in [5.41, 5.74) is 0.161. The molecule has 3 rings (SSSR count). The van der Waals surface area contributed by atoms with Crippen molar-refractivity contribution in [2.45, 2.75) is 37.0 Å². The minimum Gasteiger partial charge on any atom is -0.495 e. The van der Waals surface area contributed by atoms with Crippen LogP contribution in [0.3, 0.4) is 0 Å². The van der Waals surface area contributed by atoms with Crippen molar-refractivity contribution in [3.8, 4) is 11.5 Å². The number of hydrogen-bond donors (Lipinski definition) is 2. The lowest BCUT2D eigenvalue weighted by Gasteiger charge is -2.22. The quantitative estimate of drug-likeness (QED) is 0.662. The largest absolute Gasteiger partial charge is 0.495 e. The Morgan fingerprint density at radius 1 is 1.17 bits per heavy atom. The molecule has 30 heavy (non-hydrogen) atoms. The molecule has 1 fully saturated rings. The third kappa shape index (κ3) is 5.28. The Balaban J connectivity index is 1.77. The predicted octanol–water partition coefficient (Wildman–Crippen LogP) is 3.21. The molecule has 1 aromatic heterocycles. The Morgan fingerprint density at radius 3 is 2.63 bits per heavy atom. The molecule has 0 bridgehead atoms. The Kier molecular flexibility index (Phi) is 7.28. The van der Waals surface area contributed by atoms with Crippen molar-refractivity contribution in [2.24, 2.45) is 5.92 Å². The molecule has 1 aliphatic carbocycles. The number of nitrogens with one attached hydrogen (secondary N) is 2. The van der Waals surface area contributed by atoms with Gasteiger partial charge in [0.05, 0.1) is 13.7 Å². The van der Waals surface area contributed by atoms with E-state index >= 15 is 0 Å². The molecule has 0 aliphatic heterocycles. The summed E-state index contributed by atoms with van der Waals surface area (Å²) >= 11 is 0. The molecule has 9 heteroatoms. The first-order chi connectivity index (χ1) is 14.4. The van der Waals surface area contributed by atoms with Crippen LogP contribution in [0.15, 0.2) is 41.4 Å². The fourth-order valence-corrected chi connectivity index (χ4v) is 4.40. The summed E-state index contributed by atoms with van der Waals surface area (Å²) in [6.45, 7) is 0.585. The van der Waals surface area contributed by atoms with E-state index in [1.165, 1.54) is 51.6 Å². The lowest BCUT2D eigenvalue weighted by atomic mass is 9.90. The van der Waals surface area contributed by atoms with Crippen LogP contribution in [0.1, 0.15) is 42.5 Å². The van der Waals surface area contributed by atoms with E-state index in [-0.39, 0.29) is 16.2 Å². The lowest BCUT2D eigenvalue weighted by Crippen LogP contribution is -2.21. The van der Waals surface area contributed by atoms with E-state index in [0.717, 1.165) is 12.8 Å². The van der Waals surface area contributed by atoms with E-state index in [1.54, 1.807) is 18.3 Å². The molecule has 162 valence electrons. The molecule has 0 unspecified atom stereocenters. The molecule has 1 saturated carbocycles. The number of amides is 1. The van der Waals surface area contributed by atoms with E-state index < -0.39 is 15.9 Å². The van der Waals surface area contributed by atoms with Crippen molar-refractivity contribution in [1.82, 2.24) is 9.71 Å². The monoisotopic (exact) mass is 433 g/mol. The van der Waals surface area contributed by atoms with Gasteiger partial charge in [-0.05, 0) is 56.1 Å². The number of pyridine rings is 1. The van der Waals surface area contributed by atoms with Crippen LogP contribution in [0.5, 0.6) is 11.5 Å². The fourth-order valence-electron chi connectivity index (χ4n) is 3.48. The van der Waals surface area contributed by atoms with E-state index in [2.05, 4.69) is 15.0 Å². The fraction of sp³-hybridized carbons (Fsp3) is 0.429. The van der Waals surface area contributed by atoms with Gasteiger partial charge in [0.2, 0.25) is 10.0 Å².